The molecule has 0 aliphatic carbocycles. The van der Waals surface area contributed by atoms with Gasteiger partial charge in [0.1, 0.15) is 0 Å². The van der Waals surface area contributed by atoms with Crippen molar-refractivity contribution in [3.63, 3.8) is 0 Å². The Kier molecular flexibility index (Phi) is 5.45. The van der Waals surface area contributed by atoms with Crippen molar-refractivity contribution in [2.24, 2.45) is 5.92 Å². The minimum absolute atomic E-state index is 0.0109. The van der Waals surface area contributed by atoms with Gasteiger partial charge in [0.2, 0.25) is 11.8 Å². The first-order valence-corrected chi connectivity index (χ1v) is 6.62. The maximum atomic E-state index is 11.8. The van der Waals surface area contributed by atoms with Crippen LogP contribution in [0.25, 0.3) is 0 Å². The van der Waals surface area contributed by atoms with Gasteiger partial charge in [0.05, 0.1) is 0 Å². The highest BCUT2D eigenvalue weighted by molar-refractivity contribution is 5.79. The number of carbonyl (C=O) groups is 2. The minimum atomic E-state index is 0.0109. The average molecular weight is 240 g/mol. The molecule has 1 unspecified atom stereocenters. The molecule has 4 heteroatoms. The maximum absolute atomic E-state index is 11.8. The van der Waals surface area contributed by atoms with Crippen molar-refractivity contribution in [3.8, 4) is 0 Å². The molecule has 1 fully saturated rings. The molecule has 0 aromatic rings. The van der Waals surface area contributed by atoms with Gasteiger partial charge in [0, 0.05) is 31.5 Å². The molecule has 0 bridgehead atoms. The van der Waals surface area contributed by atoms with Gasteiger partial charge in [-0.05, 0) is 19.3 Å². The van der Waals surface area contributed by atoms with E-state index in [0.717, 1.165) is 25.8 Å². The molecular formula is C13H24N2O2. The molecule has 0 aromatic heterocycles. The summed E-state index contributed by atoms with van der Waals surface area (Å²) in [7, 11) is 0. The normalized spacial score (nSPS) is 20.5. The number of rotatable bonds is 4. The molecule has 17 heavy (non-hydrogen) atoms. The molecule has 1 saturated heterocycles. The minimum Gasteiger partial charge on any atom is -0.351 e. The van der Waals surface area contributed by atoms with Crippen LogP contribution in [-0.4, -0.2) is 35.8 Å². The van der Waals surface area contributed by atoms with Crippen LogP contribution >= 0.6 is 0 Å². The molecule has 0 aromatic carbocycles. The summed E-state index contributed by atoms with van der Waals surface area (Å²) in [6.07, 6.45) is 3.47. The number of likely N-dealkylation sites (tertiary alicyclic amines) is 1. The third kappa shape index (κ3) is 4.36. The first-order chi connectivity index (χ1) is 8.04. The fourth-order valence-corrected chi connectivity index (χ4v) is 2.06. The number of hydrogen-bond donors (Lipinski definition) is 1. The second kappa shape index (κ2) is 6.62. The molecule has 4 nitrogen and oxygen atoms in total. The van der Waals surface area contributed by atoms with Crippen molar-refractivity contribution in [1.82, 2.24) is 10.2 Å². The van der Waals surface area contributed by atoms with Crippen LogP contribution in [0.15, 0.2) is 0 Å². The van der Waals surface area contributed by atoms with Crippen LogP contribution in [0.4, 0.5) is 0 Å². The molecule has 2 amide bonds. The number of carbonyl (C=O) groups excluding carboxylic acids is 2. The van der Waals surface area contributed by atoms with Gasteiger partial charge < -0.3 is 10.2 Å². The van der Waals surface area contributed by atoms with E-state index >= 15 is 0 Å². The number of amides is 2. The van der Waals surface area contributed by atoms with Crippen molar-refractivity contribution >= 4 is 11.8 Å². The van der Waals surface area contributed by atoms with Crippen LogP contribution in [0, 0.1) is 5.92 Å². The summed E-state index contributed by atoms with van der Waals surface area (Å²) in [5, 5.41) is 3.01. The summed E-state index contributed by atoms with van der Waals surface area (Å²) >= 11 is 0. The molecule has 0 radical (unpaired) electrons. The monoisotopic (exact) mass is 240 g/mol. The van der Waals surface area contributed by atoms with E-state index in [9.17, 15) is 9.59 Å². The number of hydrogen-bond acceptors (Lipinski definition) is 2. The van der Waals surface area contributed by atoms with Crippen molar-refractivity contribution < 1.29 is 9.59 Å². The summed E-state index contributed by atoms with van der Waals surface area (Å²) < 4.78 is 0. The molecule has 0 spiro atoms. The van der Waals surface area contributed by atoms with E-state index in [4.69, 9.17) is 0 Å². The lowest BCUT2D eigenvalue weighted by atomic mass is 10.0. The SMILES string of the molecule is CCCC(=O)N1CCCC(NC(=O)C(C)C)C1. The summed E-state index contributed by atoms with van der Waals surface area (Å²) in [5.74, 6) is 0.313. The predicted octanol–water partition coefficient (Wildman–Crippen LogP) is 1.55. The third-order valence-electron chi connectivity index (χ3n) is 3.11. The van der Waals surface area contributed by atoms with E-state index in [1.54, 1.807) is 0 Å². The highest BCUT2D eigenvalue weighted by Gasteiger charge is 2.24. The number of nitrogens with zero attached hydrogens (tertiary/aromatic N) is 1. The summed E-state index contributed by atoms with van der Waals surface area (Å²) in [5.41, 5.74) is 0. The Labute approximate surface area is 104 Å². The zero-order chi connectivity index (χ0) is 12.8. The first kappa shape index (κ1) is 14.0. The average Bonchev–Trinajstić information content (AvgIpc) is 2.29. The molecule has 1 atom stereocenters. The molecule has 1 rings (SSSR count). The second-order valence-electron chi connectivity index (χ2n) is 5.09. The predicted molar refractivity (Wildman–Crippen MR) is 67.5 cm³/mol. The van der Waals surface area contributed by atoms with Gasteiger partial charge in [-0.1, -0.05) is 20.8 Å². The first-order valence-electron chi connectivity index (χ1n) is 6.62. The van der Waals surface area contributed by atoms with Crippen molar-refractivity contribution in [3.05, 3.63) is 0 Å². The Bertz CT molecular complexity index is 277. The van der Waals surface area contributed by atoms with Crippen LogP contribution in [0.3, 0.4) is 0 Å². The van der Waals surface area contributed by atoms with Crippen LogP contribution in [-0.2, 0) is 9.59 Å². The molecule has 98 valence electrons. The quantitative estimate of drug-likeness (QED) is 0.810. The molecule has 1 heterocycles. The second-order valence-corrected chi connectivity index (χ2v) is 5.09. The highest BCUT2D eigenvalue weighted by atomic mass is 16.2. The molecular weight excluding hydrogens is 216 g/mol. The fourth-order valence-electron chi connectivity index (χ4n) is 2.06. The summed E-state index contributed by atoms with van der Waals surface area (Å²) in [6.45, 7) is 7.31. The number of piperidine rings is 1. The van der Waals surface area contributed by atoms with Gasteiger partial charge in [0.25, 0.3) is 0 Å². The topological polar surface area (TPSA) is 49.4 Å². The fraction of sp³-hybridized carbons (Fsp3) is 0.846. The molecule has 1 N–H and O–H groups in total. The van der Waals surface area contributed by atoms with E-state index in [1.165, 1.54) is 0 Å². The van der Waals surface area contributed by atoms with Crippen molar-refractivity contribution in [2.75, 3.05) is 13.1 Å². The maximum Gasteiger partial charge on any atom is 0.222 e. The summed E-state index contributed by atoms with van der Waals surface area (Å²) in [6, 6.07) is 0.138. The lowest BCUT2D eigenvalue weighted by Crippen LogP contribution is -2.50. The van der Waals surface area contributed by atoms with Crippen LogP contribution in [0.2, 0.25) is 0 Å². The van der Waals surface area contributed by atoms with Gasteiger partial charge in [-0.15, -0.1) is 0 Å². The van der Waals surface area contributed by atoms with Crippen LogP contribution in [0.1, 0.15) is 46.5 Å². The Hall–Kier alpha value is -1.06. The highest BCUT2D eigenvalue weighted by Crippen LogP contribution is 2.12. The van der Waals surface area contributed by atoms with Crippen LogP contribution in [0.5, 0.6) is 0 Å². The van der Waals surface area contributed by atoms with E-state index in [-0.39, 0.29) is 23.8 Å². The van der Waals surface area contributed by atoms with E-state index in [2.05, 4.69) is 5.32 Å². The van der Waals surface area contributed by atoms with Gasteiger partial charge in [-0.25, -0.2) is 0 Å². The van der Waals surface area contributed by atoms with Gasteiger partial charge in [-0.3, -0.25) is 9.59 Å². The van der Waals surface area contributed by atoms with Gasteiger partial charge in [0.15, 0.2) is 0 Å². The van der Waals surface area contributed by atoms with Crippen LogP contribution < -0.4 is 5.32 Å². The lowest BCUT2D eigenvalue weighted by molar-refractivity contribution is -0.134. The summed E-state index contributed by atoms with van der Waals surface area (Å²) in [4.78, 5) is 25.3. The smallest absolute Gasteiger partial charge is 0.222 e. The Morgan fingerprint density at radius 3 is 2.71 bits per heavy atom. The van der Waals surface area contributed by atoms with Crippen molar-refractivity contribution in [1.29, 1.82) is 0 Å². The standard InChI is InChI=1S/C13H24N2O2/c1-4-6-12(16)15-8-5-7-11(9-15)14-13(17)10(2)3/h10-11H,4-9H2,1-3H3,(H,14,17). The van der Waals surface area contributed by atoms with E-state index in [0.29, 0.717) is 13.0 Å². The van der Waals surface area contributed by atoms with Gasteiger partial charge >= 0.3 is 0 Å². The Balaban J connectivity index is 2.43. The van der Waals surface area contributed by atoms with Gasteiger partial charge in [-0.2, -0.15) is 0 Å². The molecule has 1 aliphatic heterocycles. The van der Waals surface area contributed by atoms with Crippen molar-refractivity contribution in [2.45, 2.75) is 52.5 Å². The number of nitrogens with one attached hydrogen (secondary N) is 1. The van der Waals surface area contributed by atoms with E-state index < -0.39 is 0 Å². The Morgan fingerprint density at radius 1 is 1.41 bits per heavy atom. The molecule has 1 aliphatic rings. The third-order valence-corrected chi connectivity index (χ3v) is 3.11. The molecule has 0 saturated carbocycles. The zero-order valence-corrected chi connectivity index (χ0v) is 11.2. The Morgan fingerprint density at radius 2 is 2.12 bits per heavy atom. The largest absolute Gasteiger partial charge is 0.351 e. The lowest BCUT2D eigenvalue weighted by Gasteiger charge is -2.33. The zero-order valence-electron chi connectivity index (χ0n) is 11.2. The van der Waals surface area contributed by atoms with E-state index in [1.807, 2.05) is 25.7 Å².